The van der Waals surface area contributed by atoms with Crippen molar-refractivity contribution in [1.29, 1.82) is 0 Å². The second-order valence-corrected chi connectivity index (χ2v) is 8.22. The smallest absolute Gasteiger partial charge is 0.410 e. The van der Waals surface area contributed by atoms with Gasteiger partial charge in [0.15, 0.2) is 11.9 Å². The van der Waals surface area contributed by atoms with Gasteiger partial charge in [-0.1, -0.05) is 31.5 Å². The second-order valence-electron chi connectivity index (χ2n) is 7.81. The van der Waals surface area contributed by atoms with E-state index in [9.17, 15) is 18.4 Å². The van der Waals surface area contributed by atoms with Gasteiger partial charge in [-0.25, -0.2) is 18.4 Å². The number of carbonyl (C=O) groups excluding carboxylic acids is 2. The molecule has 1 aliphatic heterocycles. The quantitative estimate of drug-likeness (QED) is 0.439. The van der Waals surface area contributed by atoms with Crippen LogP contribution in [-0.2, 0) is 27.3 Å². The normalized spacial score (nSPS) is 15.3. The molecule has 0 bridgehead atoms. The van der Waals surface area contributed by atoms with Gasteiger partial charge >= 0.3 is 12.1 Å². The Labute approximate surface area is 190 Å². The molecule has 172 valence electrons. The van der Waals surface area contributed by atoms with Crippen LogP contribution in [0.3, 0.4) is 0 Å². The monoisotopic (exact) mass is 467 g/mol. The lowest BCUT2D eigenvalue weighted by Gasteiger charge is -2.35. The first kappa shape index (κ1) is 23.8. The Morgan fingerprint density at radius 2 is 1.97 bits per heavy atom. The third-order valence-corrected chi connectivity index (χ3v) is 5.36. The molecule has 0 spiro atoms. The van der Waals surface area contributed by atoms with Crippen molar-refractivity contribution in [1.82, 2.24) is 4.90 Å². The minimum Gasteiger partial charge on any atom is -0.489 e. The van der Waals surface area contributed by atoms with E-state index in [-0.39, 0.29) is 36.3 Å². The highest BCUT2D eigenvalue weighted by atomic mass is 35.5. The minimum atomic E-state index is -0.958. The number of esters is 1. The van der Waals surface area contributed by atoms with Crippen molar-refractivity contribution in [2.45, 2.75) is 32.9 Å². The van der Waals surface area contributed by atoms with Crippen molar-refractivity contribution in [3.8, 4) is 5.75 Å². The molecule has 0 fully saturated rings. The molecule has 2 aromatic rings. The molecule has 3 rings (SSSR count). The molecule has 0 aliphatic carbocycles. The van der Waals surface area contributed by atoms with E-state index >= 15 is 0 Å². The van der Waals surface area contributed by atoms with Crippen molar-refractivity contribution in [3.63, 3.8) is 0 Å². The molecule has 32 heavy (non-hydrogen) atoms. The molecule has 0 saturated heterocycles. The number of rotatable bonds is 6. The zero-order valence-corrected chi connectivity index (χ0v) is 18.7. The molecule has 1 unspecified atom stereocenters. The number of nitrogens with zero attached hydrogens (tertiary/aromatic N) is 1. The number of fused-ring (bicyclic) bond motifs is 1. The van der Waals surface area contributed by atoms with Crippen LogP contribution in [-0.4, -0.2) is 37.2 Å². The lowest BCUT2D eigenvalue weighted by molar-refractivity contribution is -0.147. The van der Waals surface area contributed by atoms with Gasteiger partial charge in [-0.15, -0.1) is 0 Å². The van der Waals surface area contributed by atoms with Crippen LogP contribution in [0.4, 0.5) is 13.6 Å². The summed E-state index contributed by atoms with van der Waals surface area (Å²) < 4.78 is 43.8. The first-order chi connectivity index (χ1) is 15.2. The summed E-state index contributed by atoms with van der Waals surface area (Å²) in [4.78, 5) is 26.4. The number of amides is 1. The fraction of sp³-hybridized carbons (Fsp3) is 0.391. The molecular weight excluding hydrogens is 444 g/mol. The zero-order valence-electron chi connectivity index (χ0n) is 18.0. The molecule has 1 amide bonds. The zero-order chi connectivity index (χ0) is 23.4. The Hall–Kier alpha value is -2.87. The molecule has 1 aliphatic rings. The maximum Gasteiger partial charge on any atom is 0.410 e. The minimum absolute atomic E-state index is 0.154. The number of hydrogen-bond acceptors (Lipinski definition) is 5. The van der Waals surface area contributed by atoms with Crippen LogP contribution < -0.4 is 4.74 Å². The Morgan fingerprint density at radius 1 is 1.22 bits per heavy atom. The summed E-state index contributed by atoms with van der Waals surface area (Å²) in [5, 5.41) is -0.194. The van der Waals surface area contributed by atoms with Crippen LogP contribution in [0.1, 0.15) is 36.6 Å². The van der Waals surface area contributed by atoms with Gasteiger partial charge in [0.25, 0.3) is 0 Å². The summed E-state index contributed by atoms with van der Waals surface area (Å²) in [5.74, 6) is -1.70. The van der Waals surface area contributed by atoms with Crippen LogP contribution in [0.15, 0.2) is 30.3 Å². The third kappa shape index (κ3) is 5.12. The van der Waals surface area contributed by atoms with Gasteiger partial charge in [-0.3, -0.25) is 4.90 Å². The molecule has 0 N–H and O–H groups in total. The summed E-state index contributed by atoms with van der Waals surface area (Å²) in [6.07, 6.45) is -0.150. The Balaban J connectivity index is 1.81. The molecular formula is C23H24ClF2NO5. The second kappa shape index (κ2) is 10.2. The van der Waals surface area contributed by atoms with Crippen LogP contribution in [0.2, 0.25) is 5.02 Å². The fourth-order valence-electron chi connectivity index (χ4n) is 3.43. The largest absolute Gasteiger partial charge is 0.489 e. The number of benzene rings is 2. The first-order valence-electron chi connectivity index (χ1n) is 10.1. The highest BCUT2D eigenvalue weighted by Gasteiger charge is 2.38. The van der Waals surface area contributed by atoms with Gasteiger partial charge in [0.1, 0.15) is 18.2 Å². The molecule has 0 saturated carbocycles. The van der Waals surface area contributed by atoms with E-state index in [4.69, 9.17) is 25.8 Å². The van der Waals surface area contributed by atoms with Crippen molar-refractivity contribution in [2.24, 2.45) is 5.92 Å². The van der Waals surface area contributed by atoms with Crippen LogP contribution >= 0.6 is 11.6 Å². The predicted octanol–water partition coefficient (Wildman–Crippen LogP) is 5.06. The van der Waals surface area contributed by atoms with E-state index in [0.29, 0.717) is 17.7 Å². The van der Waals surface area contributed by atoms with E-state index in [2.05, 4.69) is 0 Å². The number of carbonyl (C=O) groups is 2. The number of methoxy groups -OCH3 is 1. The summed E-state index contributed by atoms with van der Waals surface area (Å²) >= 11 is 5.72. The average molecular weight is 468 g/mol. The van der Waals surface area contributed by atoms with Gasteiger partial charge < -0.3 is 14.2 Å². The van der Waals surface area contributed by atoms with Crippen LogP contribution in [0, 0.1) is 17.6 Å². The molecule has 1 heterocycles. The summed E-state index contributed by atoms with van der Waals surface area (Å²) in [7, 11) is 1.25. The molecule has 2 aromatic carbocycles. The summed E-state index contributed by atoms with van der Waals surface area (Å²) in [6, 6.07) is 6.14. The molecule has 0 aromatic heterocycles. The Morgan fingerprint density at radius 3 is 2.66 bits per heavy atom. The van der Waals surface area contributed by atoms with Gasteiger partial charge in [-0.2, -0.15) is 0 Å². The molecule has 0 radical (unpaired) electrons. The third-order valence-electron chi connectivity index (χ3n) is 5.06. The van der Waals surface area contributed by atoms with Crippen molar-refractivity contribution < 1.29 is 32.6 Å². The van der Waals surface area contributed by atoms with Crippen LogP contribution in [0.25, 0.3) is 0 Å². The predicted molar refractivity (Wildman–Crippen MR) is 113 cm³/mol. The average Bonchev–Trinajstić information content (AvgIpc) is 2.78. The molecule has 6 nitrogen and oxygen atoms in total. The van der Waals surface area contributed by atoms with Gasteiger partial charge in [0.2, 0.25) is 0 Å². The first-order valence-corrected chi connectivity index (χ1v) is 10.5. The fourth-order valence-corrected chi connectivity index (χ4v) is 3.61. The maximum absolute atomic E-state index is 14.1. The number of halogens is 3. The Kier molecular flexibility index (Phi) is 7.56. The topological polar surface area (TPSA) is 65.1 Å². The van der Waals surface area contributed by atoms with Crippen molar-refractivity contribution in [3.05, 3.63) is 63.7 Å². The van der Waals surface area contributed by atoms with Gasteiger partial charge in [0, 0.05) is 6.54 Å². The lowest BCUT2D eigenvalue weighted by Crippen LogP contribution is -2.44. The van der Waals surface area contributed by atoms with Gasteiger partial charge in [-0.05, 0) is 47.7 Å². The molecule has 9 heteroatoms. The SMILES string of the molecule is COC(=O)C1c2ccc(OCc3c(F)ccc(Cl)c3F)cc2CCN1C(=O)OCC(C)C. The highest BCUT2D eigenvalue weighted by molar-refractivity contribution is 6.30. The van der Waals surface area contributed by atoms with Crippen molar-refractivity contribution >= 4 is 23.7 Å². The van der Waals surface area contributed by atoms with E-state index in [1.165, 1.54) is 12.0 Å². The van der Waals surface area contributed by atoms with Crippen molar-refractivity contribution in [2.75, 3.05) is 20.3 Å². The van der Waals surface area contributed by atoms with Crippen LogP contribution in [0.5, 0.6) is 5.75 Å². The summed E-state index contributed by atoms with van der Waals surface area (Å²) in [5.41, 5.74) is 1.07. The van der Waals surface area contributed by atoms with E-state index in [1.54, 1.807) is 18.2 Å². The van der Waals surface area contributed by atoms with E-state index in [1.807, 2.05) is 13.8 Å². The van der Waals surface area contributed by atoms with E-state index in [0.717, 1.165) is 17.7 Å². The summed E-state index contributed by atoms with van der Waals surface area (Å²) in [6.45, 7) is 3.95. The number of hydrogen-bond donors (Lipinski definition) is 0. The number of ether oxygens (including phenoxy) is 3. The lowest BCUT2D eigenvalue weighted by atomic mass is 9.92. The highest BCUT2D eigenvalue weighted by Crippen LogP contribution is 2.34. The van der Waals surface area contributed by atoms with E-state index < -0.39 is 29.7 Å². The maximum atomic E-state index is 14.1. The molecule has 1 atom stereocenters. The standard InChI is InChI=1S/C23H24ClF2NO5/c1-13(2)11-32-23(29)27-9-8-14-10-15(4-5-16(14)21(27)22(28)30-3)31-12-17-19(25)7-6-18(24)20(17)26/h4-7,10,13,21H,8-9,11-12H2,1-3H3. The Bertz CT molecular complexity index is 1010. The van der Waals surface area contributed by atoms with Gasteiger partial charge in [0.05, 0.1) is 24.3 Å².